The van der Waals surface area contributed by atoms with Crippen LogP contribution in [0.3, 0.4) is 0 Å². The molecule has 4 heterocycles. The number of carbonyl (C=O) groups excluding carboxylic acids is 4. The van der Waals surface area contributed by atoms with E-state index < -0.39 is 23.6 Å². The lowest BCUT2D eigenvalue weighted by atomic mass is 10.0. The van der Waals surface area contributed by atoms with Gasteiger partial charge in [-0.1, -0.05) is 108 Å². The summed E-state index contributed by atoms with van der Waals surface area (Å²) in [7, 11) is 0. The third-order valence-corrected chi connectivity index (χ3v) is 13.9. The van der Waals surface area contributed by atoms with Crippen molar-refractivity contribution in [1.82, 2.24) is 0 Å². The fourth-order valence-corrected chi connectivity index (χ4v) is 11.1. The number of rotatable bonds is 5. The Morgan fingerprint density at radius 3 is 0.984 bits per heavy atom. The van der Waals surface area contributed by atoms with Crippen LogP contribution in [-0.4, -0.2) is 23.6 Å². The molecule has 12 rings (SSSR count). The standard InChI is InChI=1S/C52H30N4O4S2/c57-49-35-17-11-23-41(55-37-19-1-5-25-43(37)61-44-26-6-2-20-38(44)55)47(35)51(59)53(49)33-15-9-13-31(29-33)32-14-10-16-34(30-32)54-50(58)36-18-12-24-42(48(36)52(54)60)56-39-21-3-7-27-45(39)62-46-28-8-4-22-40(46)56/h1-30H. The summed E-state index contributed by atoms with van der Waals surface area (Å²) in [6, 6.07) is 57.6. The lowest BCUT2D eigenvalue weighted by Crippen LogP contribution is -2.30. The number of anilines is 8. The quantitative estimate of drug-likeness (QED) is 0.159. The SMILES string of the molecule is O=C1c2cccc(N3c4ccccc4Sc4ccccc43)c2C(=O)N1c1cccc(-c2cccc(N3C(=O)c4cccc(N5c6ccccc6Sc6ccccc65)c4C3=O)c2)c1. The first-order chi connectivity index (χ1) is 30.4. The van der Waals surface area contributed by atoms with Gasteiger partial charge in [0, 0.05) is 19.6 Å². The van der Waals surface area contributed by atoms with E-state index in [4.69, 9.17) is 0 Å². The van der Waals surface area contributed by atoms with Crippen molar-refractivity contribution in [3.63, 3.8) is 0 Å². The fraction of sp³-hybridized carbons (Fsp3) is 0. The minimum atomic E-state index is -0.418. The maximum Gasteiger partial charge on any atom is 0.268 e. The van der Waals surface area contributed by atoms with Crippen LogP contribution in [-0.2, 0) is 0 Å². The molecule has 0 fully saturated rings. The molecule has 0 aromatic heterocycles. The molecule has 8 aromatic rings. The van der Waals surface area contributed by atoms with Gasteiger partial charge >= 0.3 is 0 Å². The van der Waals surface area contributed by atoms with Gasteiger partial charge in [0.05, 0.1) is 67.8 Å². The third-order valence-electron chi connectivity index (χ3n) is 11.7. The van der Waals surface area contributed by atoms with E-state index in [1.807, 2.05) is 109 Å². The molecule has 0 aliphatic carbocycles. The van der Waals surface area contributed by atoms with Crippen LogP contribution in [0.25, 0.3) is 11.1 Å². The van der Waals surface area contributed by atoms with Crippen molar-refractivity contribution in [3.05, 3.63) is 204 Å². The Hall–Kier alpha value is -7.66. The Kier molecular flexibility index (Phi) is 8.15. The molecule has 0 bridgehead atoms. The van der Waals surface area contributed by atoms with Gasteiger partial charge in [-0.2, -0.15) is 0 Å². The van der Waals surface area contributed by atoms with Crippen LogP contribution >= 0.6 is 23.5 Å². The molecule has 8 aromatic carbocycles. The maximum absolute atomic E-state index is 14.6. The van der Waals surface area contributed by atoms with Crippen LogP contribution < -0.4 is 19.6 Å². The van der Waals surface area contributed by atoms with Crippen molar-refractivity contribution in [3.8, 4) is 11.1 Å². The highest BCUT2D eigenvalue weighted by Gasteiger charge is 2.43. The monoisotopic (exact) mass is 838 g/mol. The molecule has 294 valence electrons. The molecule has 62 heavy (non-hydrogen) atoms. The number of imide groups is 2. The predicted molar refractivity (Wildman–Crippen MR) is 245 cm³/mol. The van der Waals surface area contributed by atoms with E-state index in [0.29, 0.717) is 56.1 Å². The molecule has 8 nitrogen and oxygen atoms in total. The molecule has 0 spiro atoms. The second kappa shape index (κ2) is 14.0. The van der Waals surface area contributed by atoms with E-state index >= 15 is 0 Å². The highest BCUT2D eigenvalue weighted by Crippen LogP contribution is 2.54. The van der Waals surface area contributed by atoms with Crippen LogP contribution in [0.2, 0.25) is 0 Å². The van der Waals surface area contributed by atoms with Gasteiger partial charge < -0.3 is 9.80 Å². The number of benzene rings is 8. The Bertz CT molecular complexity index is 2980. The Morgan fingerprint density at radius 1 is 0.290 bits per heavy atom. The average Bonchev–Trinajstić information content (AvgIpc) is 3.73. The number of para-hydroxylation sites is 4. The van der Waals surface area contributed by atoms with E-state index in [0.717, 1.165) is 42.3 Å². The van der Waals surface area contributed by atoms with Gasteiger partial charge in [-0.3, -0.25) is 19.2 Å². The van der Waals surface area contributed by atoms with Gasteiger partial charge in [-0.15, -0.1) is 0 Å². The first-order valence-electron chi connectivity index (χ1n) is 20.0. The van der Waals surface area contributed by atoms with Crippen LogP contribution in [0, 0.1) is 0 Å². The minimum absolute atomic E-state index is 0.327. The number of carbonyl (C=O) groups is 4. The van der Waals surface area contributed by atoms with E-state index in [-0.39, 0.29) is 0 Å². The molecular weight excluding hydrogens is 809 g/mol. The Labute approximate surface area is 364 Å². The normalized spacial score (nSPS) is 14.6. The van der Waals surface area contributed by atoms with Crippen molar-refractivity contribution in [1.29, 1.82) is 0 Å². The maximum atomic E-state index is 14.6. The molecule has 0 saturated carbocycles. The molecule has 10 heteroatoms. The zero-order valence-corrected chi connectivity index (χ0v) is 34.2. The first-order valence-corrected chi connectivity index (χ1v) is 21.6. The fourth-order valence-electron chi connectivity index (χ4n) is 8.95. The van der Waals surface area contributed by atoms with Crippen molar-refractivity contribution in [2.45, 2.75) is 19.6 Å². The van der Waals surface area contributed by atoms with Gasteiger partial charge in [-0.05, 0) is 108 Å². The summed E-state index contributed by atoms with van der Waals surface area (Å²) < 4.78 is 0. The Morgan fingerprint density at radius 2 is 0.613 bits per heavy atom. The molecule has 0 atom stereocenters. The summed E-state index contributed by atoms with van der Waals surface area (Å²) in [5.41, 5.74) is 8.53. The van der Waals surface area contributed by atoms with Gasteiger partial charge in [0.1, 0.15) is 0 Å². The van der Waals surface area contributed by atoms with Crippen LogP contribution in [0.4, 0.5) is 45.5 Å². The zero-order valence-electron chi connectivity index (χ0n) is 32.6. The second-order valence-corrected chi connectivity index (χ2v) is 17.3. The minimum Gasteiger partial charge on any atom is -0.307 e. The summed E-state index contributed by atoms with van der Waals surface area (Å²) in [5, 5.41) is 0. The highest BCUT2D eigenvalue weighted by molar-refractivity contribution is 8.00. The van der Waals surface area contributed by atoms with Gasteiger partial charge in [0.25, 0.3) is 23.6 Å². The molecule has 0 N–H and O–H groups in total. The highest BCUT2D eigenvalue weighted by atomic mass is 32.2. The molecular formula is C52H30N4O4S2. The summed E-state index contributed by atoms with van der Waals surface area (Å²) in [4.78, 5) is 68.6. The zero-order chi connectivity index (χ0) is 41.6. The van der Waals surface area contributed by atoms with E-state index in [1.54, 1.807) is 72.1 Å². The van der Waals surface area contributed by atoms with Gasteiger partial charge in [-0.25, -0.2) is 9.80 Å². The number of hydrogen-bond donors (Lipinski definition) is 0. The summed E-state index contributed by atoms with van der Waals surface area (Å²) >= 11 is 3.35. The van der Waals surface area contributed by atoms with Crippen LogP contribution in [0.5, 0.6) is 0 Å². The molecule has 4 aliphatic heterocycles. The summed E-state index contributed by atoms with van der Waals surface area (Å²) in [6.07, 6.45) is 0. The predicted octanol–water partition coefficient (Wildman–Crippen LogP) is 12.8. The molecule has 0 unspecified atom stereocenters. The first kappa shape index (κ1) is 36.2. The summed E-state index contributed by atoms with van der Waals surface area (Å²) in [5.74, 6) is -1.66. The number of nitrogens with zero attached hydrogens (tertiary/aromatic N) is 4. The van der Waals surface area contributed by atoms with Gasteiger partial charge in [0.15, 0.2) is 0 Å². The van der Waals surface area contributed by atoms with E-state index in [9.17, 15) is 19.2 Å². The smallest absolute Gasteiger partial charge is 0.268 e. The lowest BCUT2D eigenvalue weighted by molar-refractivity contribution is 0.0910. The van der Waals surface area contributed by atoms with Gasteiger partial charge in [0.2, 0.25) is 0 Å². The van der Waals surface area contributed by atoms with Crippen LogP contribution in [0.1, 0.15) is 41.4 Å². The van der Waals surface area contributed by atoms with E-state index in [1.165, 1.54) is 9.80 Å². The second-order valence-electron chi connectivity index (χ2n) is 15.1. The van der Waals surface area contributed by atoms with E-state index in [2.05, 4.69) is 34.1 Å². The van der Waals surface area contributed by atoms with Crippen molar-refractivity contribution in [2.75, 3.05) is 19.6 Å². The molecule has 0 radical (unpaired) electrons. The molecule has 0 saturated heterocycles. The van der Waals surface area contributed by atoms with Crippen LogP contribution in [0.15, 0.2) is 202 Å². The third kappa shape index (κ3) is 5.37. The number of fused-ring (bicyclic) bond motifs is 6. The van der Waals surface area contributed by atoms with Crippen molar-refractivity contribution >= 4 is 92.7 Å². The summed E-state index contributed by atoms with van der Waals surface area (Å²) in [6.45, 7) is 0. The number of amides is 4. The molecule has 4 aliphatic rings. The molecule has 4 amide bonds. The topological polar surface area (TPSA) is 81.2 Å². The Balaban J connectivity index is 0.886. The number of hydrogen-bond acceptors (Lipinski definition) is 8. The lowest BCUT2D eigenvalue weighted by Gasteiger charge is -2.33. The average molecular weight is 839 g/mol. The largest absolute Gasteiger partial charge is 0.307 e. The van der Waals surface area contributed by atoms with Crippen molar-refractivity contribution in [2.24, 2.45) is 0 Å². The van der Waals surface area contributed by atoms with Crippen molar-refractivity contribution < 1.29 is 19.2 Å².